The van der Waals surface area contributed by atoms with Gasteiger partial charge in [0.15, 0.2) is 0 Å². The normalized spacial score (nSPS) is 15.2. The van der Waals surface area contributed by atoms with Crippen molar-refractivity contribution in [3.63, 3.8) is 0 Å². The minimum atomic E-state index is -0.870. The Hall–Kier alpha value is -1.72. The van der Waals surface area contributed by atoms with E-state index in [2.05, 4.69) is 0 Å². The lowest BCUT2D eigenvalue weighted by Crippen LogP contribution is -2.43. The molecule has 0 unspecified atom stereocenters. The number of carbonyl (C=O) groups excluding carboxylic acids is 2. The molecule has 3 atom stereocenters. The van der Waals surface area contributed by atoms with E-state index in [1.54, 1.807) is 0 Å². The molecule has 5 heteroatoms. The van der Waals surface area contributed by atoms with E-state index in [1.165, 1.54) is 0 Å². The smallest absolute Gasteiger partial charge is 0.330 e. The zero-order valence-corrected chi connectivity index (χ0v) is 11.9. The number of ether oxygens (including phenoxy) is 1. The molecule has 0 amide bonds. The molecule has 0 aliphatic carbocycles. The van der Waals surface area contributed by atoms with Crippen molar-refractivity contribution in [2.24, 2.45) is 17.4 Å². The summed E-state index contributed by atoms with van der Waals surface area (Å²) in [5.41, 5.74) is 12.4. The molecule has 0 aromatic heterocycles. The Labute approximate surface area is 119 Å². The van der Waals surface area contributed by atoms with E-state index < -0.39 is 24.0 Å². The largest absolute Gasteiger partial charge is 0.391 e. The van der Waals surface area contributed by atoms with Crippen molar-refractivity contribution in [1.82, 2.24) is 0 Å². The highest BCUT2D eigenvalue weighted by atomic mass is 16.6. The summed E-state index contributed by atoms with van der Waals surface area (Å²) in [6, 6.07) is 7.65. The molecule has 5 nitrogen and oxygen atoms in total. The fourth-order valence-corrected chi connectivity index (χ4v) is 1.68. The molecule has 0 radical (unpaired) electrons. The summed E-state index contributed by atoms with van der Waals surface area (Å²) in [4.78, 5) is 23.4. The number of carbonyl (C=O) groups is 2. The molecule has 0 saturated heterocycles. The number of nitrogens with two attached hydrogens (primary N) is 2. The molecule has 0 heterocycles. The van der Waals surface area contributed by atoms with E-state index in [1.807, 2.05) is 44.2 Å². The van der Waals surface area contributed by atoms with E-state index >= 15 is 0 Å². The Bertz CT molecular complexity index is 448. The first kappa shape index (κ1) is 16.3. The van der Waals surface area contributed by atoms with E-state index in [0.717, 1.165) is 12.0 Å². The molecular weight excluding hydrogens is 256 g/mol. The number of rotatable bonds is 6. The van der Waals surface area contributed by atoms with Crippen molar-refractivity contribution in [1.29, 1.82) is 0 Å². The van der Waals surface area contributed by atoms with Gasteiger partial charge in [-0.3, -0.25) is 0 Å². The van der Waals surface area contributed by atoms with Crippen molar-refractivity contribution in [2.45, 2.75) is 38.8 Å². The summed E-state index contributed by atoms with van der Waals surface area (Å²) in [6.45, 7) is 3.75. The van der Waals surface area contributed by atoms with Gasteiger partial charge in [-0.1, -0.05) is 50.6 Å². The van der Waals surface area contributed by atoms with E-state index in [4.69, 9.17) is 16.2 Å². The van der Waals surface area contributed by atoms with Gasteiger partial charge in [0, 0.05) is 0 Å². The van der Waals surface area contributed by atoms with Crippen molar-refractivity contribution in [3.8, 4) is 0 Å². The first-order chi connectivity index (χ1) is 9.45. The quantitative estimate of drug-likeness (QED) is 0.598. The van der Waals surface area contributed by atoms with Crippen LogP contribution in [0.4, 0.5) is 0 Å². The van der Waals surface area contributed by atoms with Gasteiger partial charge in [-0.05, 0) is 17.9 Å². The predicted octanol–water partition coefficient (Wildman–Crippen LogP) is 1.000. The van der Waals surface area contributed by atoms with Gasteiger partial charge in [-0.2, -0.15) is 0 Å². The van der Waals surface area contributed by atoms with Crippen LogP contribution >= 0.6 is 0 Å². The summed E-state index contributed by atoms with van der Waals surface area (Å²) in [7, 11) is 0. The van der Waals surface area contributed by atoms with Crippen LogP contribution in [-0.2, 0) is 20.7 Å². The molecular formula is C15H22N2O3. The van der Waals surface area contributed by atoms with Gasteiger partial charge < -0.3 is 16.2 Å². The molecule has 0 aliphatic heterocycles. The second-order valence-corrected chi connectivity index (χ2v) is 4.95. The third kappa shape index (κ3) is 4.75. The van der Waals surface area contributed by atoms with Gasteiger partial charge in [0.2, 0.25) is 0 Å². The zero-order chi connectivity index (χ0) is 15.1. The maximum absolute atomic E-state index is 11.7. The van der Waals surface area contributed by atoms with Crippen LogP contribution in [0.3, 0.4) is 0 Å². The minimum absolute atomic E-state index is 0.0411. The SMILES string of the molecule is CC[C@@H](C)[C@@H](N)C(=O)OC(=O)[C@@H](N)Cc1ccccc1. The lowest BCUT2D eigenvalue weighted by atomic mass is 10.0. The summed E-state index contributed by atoms with van der Waals surface area (Å²) < 4.78 is 4.74. The monoisotopic (exact) mass is 278 g/mol. The summed E-state index contributed by atoms with van der Waals surface area (Å²) in [5, 5.41) is 0. The fourth-order valence-electron chi connectivity index (χ4n) is 1.68. The molecule has 1 aromatic rings. The maximum Gasteiger partial charge on any atom is 0.330 e. The topological polar surface area (TPSA) is 95.4 Å². The summed E-state index contributed by atoms with van der Waals surface area (Å²) in [6.07, 6.45) is 1.06. The molecule has 4 N–H and O–H groups in total. The van der Waals surface area contributed by atoms with Crippen LogP contribution in [0.1, 0.15) is 25.8 Å². The average molecular weight is 278 g/mol. The summed E-state index contributed by atoms with van der Waals surface area (Å²) in [5.74, 6) is -1.49. The van der Waals surface area contributed by atoms with E-state index in [0.29, 0.717) is 6.42 Å². The van der Waals surface area contributed by atoms with Crippen LogP contribution in [0.2, 0.25) is 0 Å². The van der Waals surface area contributed by atoms with Gasteiger partial charge in [0.1, 0.15) is 12.1 Å². The van der Waals surface area contributed by atoms with Crippen molar-refractivity contribution < 1.29 is 14.3 Å². The van der Waals surface area contributed by atoms with Gasteiger partial charge in [0.05, 0.1) is 0 Å². The van der Waals surface area contributed by atoms with Gasteiger partial charge in [0.25, 0.3) is 0 Å². The molecule has 0 bridgehead atoms. The Morgan fingerprint density at radius 1 is 1.15 bits per heavy atom. The van der Waals surface area contributed by atoms with E-state index in [9.17, 15) is 9.59 Å². The molecule has 0 saturated carbocycles. The van der Waals surface area contributed by atoms with Gasteiger partial charge in [-0.15, -0.1) is 0 Å². The Balaban J connectivity index is 2.51. The van der Waals surface area contributed by atoms with Crippen molar-refractivity contribution in [2.75, 3.05) is 0 Å². The molecule has 0 fully saturated rings. The van der Waals surface area contributed by atoms with Crippen molar-refractivity contribution in [3.05, 3.63) is 35.9 Å². The number of hydrogen-bond donors (Lipinski definition) is 2. The minimum Gasteiger partial charge on any atom is -0.391 e. The first-order valence-corrected chi connectivity index (χ1v) is 6.76. The Kier molecular flexibility index (Phi) is 6.35. The average Bonchev–Trinajstić information content (AvgIpc) is 2.46. The second-order valence-electron chi connectivity index (χ2n) is 4.95. The molecule has 0 spiro atoms. The highest BCUT2D eigenvalue weighted by molar-refractivity contribution is 5.90. The predicted molar refractivity (Wildman–Crippen MR) is 76.7 cm³/mol. The lowest BCUT2D eigenvalue weighted by Gasteiger charge is -2.17. The molecule has 1 rings (SSSR count). The third-order valence-electron chi connectivity index (χ3n) is 3.33. The maximum atomic E-state index is 11.7. The van der Waals surface area contributed by atoms with Crippen LogP contribution < -0.4 is 11.5 Å². The Morgan fingerprint density at radius 3 is 2.30 bits per heavy atom. The van der Waals surface area contributed by atoms with E-state index in [-0.39, 0.29) is 5.92 Å². The third-order valence-corrected chi connectivity index (χ3v) is 3.33. The zero-order valence-electron chi connectivity index (χ0n) is 11.9. The molecule has 110 valence electrons. The van der Waals surface area contributed by atoms with Crippen LogP contribution in [0.5, 0.6) is 0 Å². The lowest BCUT2D eigenvalue weighted by molar-refractivity contribution is -0.162. The number of benzene rings is 1. The number of esters is 2. The second kappa shape index (κ2) is 7.77. The molecule has 1 aromatic carbocycles. The fraction of sp³-hybridized carbons (Fsp3) is 0.467. The molecule has 20 heavy (non-hydrogen) atoms. The van der Waals surface area contributed by atoms with Crippen LogP contribution in [0, 0.1) is 5.92 Å². The highest BCUT2D eigenvalue weighted by Gasteiger charge is 2.26. The van der Waals surface area contributed by atoms with Crippen LogP contribution in [0.15, 0.2) is 30.3 Å². The number of hydrogen-bond acceptors (Lipinski definition) is 5. The summed E-state index contributed by atoms with van der Waals surface area (Å²) >= 11 is 0. The van der Waals surface area contributed by atoms with Crippen LogP contribution in [-0.4, -0.2) is 24.0 Å². The molecule has 0 aliphatic rings. The van der Waals surface area contributed by atoms with Crippen LogP contribution in [0.25, 0.3) is 0 Å². The first-order valence-electron chi connectivity index (χ1n) is 6.76. The standard InChI is InChI=1S/C15H22N2O3/c1-3-10(2)13(17)15(19)20-14(18)12(16)9-11-7-5-4-6-8-11/h4-8,10,12-13H,3,9,16-17H2,1-2H3/t10-,12+,13-/m1/s1. The Morgan fingerprint density at radius 2 is 1.75 bits per heavy atom. The van der Waals surface area contributed by atoms with Gasteiger partial charge in [-0.25, -0.2) is 9.59 Å². The van der Waals surface area contributed by atoms with Crippen molar-refractivity contribution >= 4 is 11.9 Å². The highest BCUT2D eigenvalue weighted by Crippen LogP contribution is 2.08. The van der Waals surface area contributed by atoms with Gasteiger partial charge >= 0.3 is 11.9 Å².